The summed E-state index contributed by atoms with van der Waals surface area (Å²) in [4.78, 5) is 10.2. The summed E-state index contributed by atoms with van der Waals surface area (Å²) in [5, 5.41) is 2.46. The maximum atomic E-state index is 10.2. The van der Waals surface area contributed by atoms with Crippen molar-refractivity contribution in [2.75, 3.05) is 0 Å². The van der Waals surface area contributed by atoms with Crippen molar-refractivity contribution in [2.24, 2.45) is 11.5 Å². The van der Waals surface area contributed by atoms with Crippen LogP contribution >= 0.6 is 0 Å². The van der Waals surface area contributed by atoms with Gasteiger partial charge in [0.25, 0.3) is 0 Å². The fraction of sp³-hybridized carbons (Fsp3) is 0.800. The van der Waals surface area contributed by atoms with Gasteiger partial charge >= 0.3 is 6.03 Å². The van der Waals surface area contributed by atoms with Crippen molar-refractivity contribution in [1.29, 1.82) is 0 Å². The maximum absolute atomic E-state index is 10.2. The van der Waals surface area contributed by atoms with Crippen LogP contribution < -0.4 is 16.8 Å². The molecule has 0 aromatic rings. The number of hydrogen-bond donors (Lipinski definition) is 3. The van der Waals surface area contributed by atoms with E-state index in [1.54, 1.807) is 13.8 Å². The van der Waals surface area contributed by atoms with Gasteiger partial charge in [0, 0.05) is 12.1 Å². The van der Waals surface area contributed by atoms with Crippen LogP contribution in [0, 0.1) is 0 Å². The molecule has 0 aliphatic carbocycles. The molecule has 0 rings (SSSR count). The first-order valence-corrected chi connectivity index (χ1v) is 2.85. The van der Waals surface area contributed by atoms with Gasteiger partial charge in [0.2, 0.25) is 0 Å². The lowest BCUT2D eigenvalue weighted by Crippen LogP contribution is -2.46. The highest BCUT2D eigenvalue weighted by atomic mass is 16.2. The van der Waals surface area contributed by atoms with Gasteiger partial charge in [0.15, 0.2) is 0 Å². The molecule has 0 aliphatic heterocycles. The molecule has 4 heteroatoms. The molecule has 0 spiro atoms. The fourth-order valence-corrected chi connectivity index (χ4v) is 0.356. The number of amides is 2. The summed E-state index contributed by atoms with van der Waals surface area (Å²) in [5.74, 6) is 0. The molecule has 2 amide bonds. The van der Waals surface area contributed by atoms with Gasteiger partial charge in [-0.1, -0.05) is 0 Å². The van der Waals surface area contributed by atoms with Gasteiger partial charge in [-0.15, -0.1) is 0 Å². The molecule has 4 nitrogen and oxygen atoms in total. The summed E-state index contributed by atoms with van der Waals surface area (Å²) in [6.45, 7) is 3.61. The Balaban J connectivity index is 3.50. The maximum Gasteiger partial charge on any atom is 0.312 e. The van der Waals surface area contributed by atoms with Crippen molar-refractivity contribution in [1.82, 2.24) is 5.32 Å². The lowest BCUT2D eigenvalue weighted by molar-refractivity contribution is 0.244. The first-order chi connectivity index (χ1) is 4.04. The molecular weight excluding hydrogens is 118 g/mol. The Kier molecular flexibility index (Phi) is 3.01. The van der Waals surface area contributed by atoms with Gasteiger partial charge in [-0.3, -0.25) is 0 Å². The lowest BCUT2D eigenvalue weighted by atomic mass is 10.2. The summed E-state index contributed by atoms with van der Waals surface area (Å²) in [7, 11) is 0. The zero-order valence-corrected chi connectivity index (χ0v) is 5.72. The summed E-state index contributed by atoms with van der Waals surface area (Å²) >= 11 is 0. The van der Waals surface area contributed by atoms with E-state index >= 15 is 0 Å². The summed E-state index contributed by atoms with van der Waals surface area (Å²) < 4.78 is 0. The molecule has 0 saturated carbocycles. The quantitative estimate of drug-likeness (QED) is 0.467. The number of carbonyl (C=O) groups is 1. The van der Waals surface area contributed by atoms with Gasteiger partial charge in [0.05, 0.1) is 0 Å². The van der Waals surface area contributed by atoms with Crippen molar-refractivity contribution >= 4 is 6.03 Å². The third-order valence-electron chi connectivity index (χ3n) is 1.16. The van der Waals surface area contributed by atoms with Gasteiger partial charge in [0.1, 0.15) is 0 Å². The van der Waals surface area contributed by atoms with Crippen LogP contribution in [0.3, 0.4) is 0 Å². The molecule has 9 heavy (non-hydrogen) atoms. The van der Waals surface area contributed by atoms with Crippen LogP contribution in [0.4, 0.5) is 4.79 Å². The molecular formula is C5H13N3O. The Morgan fingerprint density at radius 2 is 2.00 bits per heavy atom. The van der Waals surface area contributed by atoms with Crippen molar-refractivity contribution in [3.63, 3.8) is 0 Å². The van der Waals surface area contributed by atoms with Gasteiger partial charge < -0.3 is 16.8 Å². The Hall–Kier alpha value is -0.770. The average molecular weight is 131 g/mol. The second-order valence-electron chi connectivity index (χ2n) is 2.16. The zero-order chi connectivity index (χ0) is 7.44. The van der Waals surface area contributed by atoms with Crippen LogP contribution in [0.5, 0.6) is 0 Å². The Labute approximate surface area is 54.6 Å². The van der Waals surface area contributed by atoms with E-state index in [1.165, 1.54) is 0 Å². The monoisotopic (exact) mass is 131 g/mol. The molecule has 0 radical (unpaired) electrons. The van der Waals surface area contributed by atoms with E-state index in [0.717, 1.165) is 0 Å². The summed E-state index contributed by atoms with van der Waals surface area (Å²) in [6, 6.07) is -0.639. The molecule has 2 atom stereocenters. The van der Waals surface area contributed by atoms with Crippen LogP contribution in [-0.4, -0.2) is 18.1 Å². The topological polar surface area (TPSA) is 81.1 Å². The number of carbonyl (C=O) groups excluding carboxylic acids is 1. The Bertz CT molecular complexity index is 102. The van der Waals surface area contributed by atoms with Crippen molar-refractivity contribution < 1.29 is 4.79 Å². The van der Waals surface area contributed by atoms with Crippen LogP contribution in [-0.2, 0) is 0 Å². The molecule has 2 unspecified atom stereocenters. The Morgan fingerprint density at radius 3 is 2.11 bits per heavy atom. The van der Waals surface area contributed by atoms with E-state index in [1.807, 2.05) is 0 Å². The smallest absolute Gasteiger partial charge is 0.312 e. The first kappa shape index (κ1) is 8.23. The third-order valence-corrected chi connectivity index (χ3v) is 1.16. The van der Waals surface area contributed by atoms with Crippen LogP contribution in [0.2, 0.25) is 0 Å². The summed E-state index contributed by atoms with van der Waals surface area (Å²) in [6.07, 6.45) is 0. The normalized spacial score (nSPS) is 16.3. The fourth-order valence-electron chi connectivity index (χ4n) is 0.356. The van der Waals surface area contributed by atoms with Crippen LogP contribution in [0.15, 0.2) is 0 Å². The largest absolute Gasteiger partial charge is 0.352 e. The number of urea groups is 1. The van der Waals surface area contributed by atoms with E-state index in [4.69, 9.17) is 11.5 Å². The van der Waals surface area contributed by atoms with E-state index in [9.17, 15) is 4.79 Å². The van der Waals surface area contributed by atoms with E-state index in [2.05, 4.69) is 5.32 Å². The number of nitrogens with two attached hydrogens (primary N) is 2. The third kappa shape index (κ3) is 3.78. The second kappa shape index (κ2) is 3.29. The highest BCUT2D eigenvalue weighted by molar-refractivity contribution is 5.71. The first-order valence-electron chi connectivity index (χ1n) is 2.85. The second-order valence-corrected chi connectivity index (χ2v) is 2.16. The predicted octanol–water partition coefficient (Wildman–Crippen LogP) is -0.610. The van der Waals surface area contributed by atoms with E-state index in [0.29, 0.717) is 0 Å². The van der Waals surface area contributed by atoms with Crippen molar-refractivity contribution in [3.8, 4) is 0 Å². The SMILES string of the molecule is CC(N)C(C)NC(N)=O. The summed E-state index contributed by atoms with van der Waals surface area (Å²) in [5.41, 5.74) is 10.2. The molecule has 0 fully saturated rings. The lowest BCUT2D eigenvalue weighted by Gasteiger charge is -2.14. The minimum Gasteiger partial charge on any atom is -0.352 e. The minimum absolute atomic E-state index is 0.0532. The molecule has 5 N–H and O–H groups in total. The number of rotatable bonds is 2. The van der Waals surface area contributed by atoms with Crippen molar-refractivity contribution in [3.05, 3.63) is 0 Å². The van der Waals surface area contributed by atoms with Gasteiger partial charge in [-0.2, -0.15) is 0 Å². The van der Waals surface area contributed by atoms with Crippen LogP contribution in [0.25, 0.3) is 0 Å². The average Bonchev–Trinajstić information content (AvgIpc) is 1.63. The molecule has 0 aliphatic rings. The molecule has 54 valence electrons. The van der Waals surface area contributed by atoms with E-state index < -0.39 is 6.03 Å². The number of hydrogen-bond acceptors (Lipinski definition) is 2. The molecule has 0 bridgehead atoms. The zero-order valence-electron chi connectivity index (χ0n) is 5.72. The highest BCUT2D eigenvalue weighted by Crippen LogP contribution is 1.84. The van der Waals surface area contributed by atoms with Gasteiger partial charge in [-0.05, 0) is 13.8 Å². The number of primary amides is 1. The van der Waals surface area contributed by atoms with E-state index in [-0.39, 0.29) is 12.1 Å². The molecule has 0 saturated heterocycles. The minimum atomic E-state index is -0.528. The predicted molar refractivity (Wildman–Crippen MR) is 35.8 cm³/mol. The van der Waals surface area contributed by atoms with Crippen LogP contribution in [0.1, 0.15) is 13.8 Å². The van der Waals surface area contributed by atoms with Crippen molar-refractivity contribution in [2.45, 2.75) is 25.9 Å². The Morgan fingerprint density at radius 1 is 1.56 bits per heavy atom. The number of nitrogens with one attached hydrogen (secondary N) is 1. The standard InChI is InChI=1S/C5H13N3O/c1-3(6)4(2)8-5(7)9/h3-4H,6H2,1-2H3,(H3,7,8,9). The highest BCUT2D eigenvalue weighted by Gasteiger charge is 2.06. The molecule has 0 heterocycles. The van der Waals surface area contributed by atoms with Gasteiger partial charge in [-0.25, -0.2) is 4.79 Å². The molecule has 0 aromatic heterocycles. The molecule has 0 aromatic carbocycles.